The van der Waals surface area contributed by atoms with Gasteiger partial charge in [-0.25, -0.2) is 9.67 Å². The van der Waals surface area contributed by atoms with Gasteiger partial charge in [0.15, 0.2) is 16.6 Å². The Bertz CT molecular complexity index is 1360. The lowest BCUT2D eigenvalue weighted by Gasteiger charge is -2.09. The van der Waals surface area contributed by atoms with Crippen LogP contribution in [0.3, 0.4) is 0 Å². The van der Waals surface area contributed by atoms with Crippen LogP contribution >= 0.6 is 11.3 Å². The maximum atomic E-state index is 12.5. The number of nitrogens with zero attached hydrogens (tertiary/aromatic N) is 3. The van der Waals surface area contributed by atoms with E-state index in [1.165, 1.54) is 12.3 Å². The first-order valence-electron chi connectivity index (χ1n) is 10.1. The molecule has 4 rings (SSSR count). The number of anilines is 1. The van der Waals surface area contributed by atoms with Crippen LogP contribution in [0.2, 0.25) is 0 Å². The third kappa shape index (κ3) is 4.97. The molecule has 0 bridgehead atoms. The van der Waals surface area contributed by atoms with Crippen molar-refractivity contribution in [3.8, 4) is 28.4 Å². The third-order valence-electron chi connectivity index (χ3n) is 4.81. The zero-order chi connectivity index (χ0) is 24.1. The van der Waals surface area contributed by atoms with E-state index in [0.29, 0.717) is 22.8 Å². The molecule has 3 N–H and O–H groups in total. The molecule has 0 atom stereocenters. The molecular formula is C24H21N5O4S. The highest BCUT2D eigenvalue weighted by Crippen LogP contribution is 2.33. The number of thiazole rings is 1. The molecule has 2 amide bonds. The number of ether oxygens (including phenoxy) is 2. The molecule has 4 aromatic rings. The minimum atomic E-state index is -0.596. The van der Waals surface area contributed by atoms with E-state index < -0.39 is 11.8 Å². The zero-order valence-electron chi connectivity index (χ0n) is 18.4. The molecule has 0 aliphatic rings. The number of aromatic nitrogens is 3. The molecule has 9 nitrogen and oxygen atoms in total. The lowest BCUT2D eigenvalue weighted by atomic mass is 10.1. The van der Waals surface area contributed by atoms with Crippen molar-refractivity contribution < 1.29 is 19.1 Å². The lowest BCUT2D eigenvalue weighted by molar-refractivity contribution is -0.111. The Morgan fingerprint density at radius 1 is 1.09 bits per heavy atom. The summed E-state index contributed by atoms with van der Waals surface area (Å²) in [5, 5.41) is 7.65. The van der Waals surface area contributed by atoms with Crippen molar-refractivity contribution in [2.45, 2.75) is 0 Å². The molecule has 0 aliphatic carbocycles. The van der Waals surface area contributed by atoms with Crippen molar-refractivity contribution in [3.63, 3.8) is 0 Å². The summed E-state index contributed by atoms with van der Waals surface area (Å²) in [6.07, 6.45) is 6.20. The van der Waals surface area contributed by atoms with Gasteiger partial charge in [-0.3, -0.25) is 14.9 Å². The van der Waals surface area contributed by atoms with Gasteiger partial charge in [-0.15, -0.1) is 0 Å². The quantitative estimate of drug-likeness (QED) is 0.374. The number of primary amides is 1. The number of carbonyl (C=O) groups excluding carboxylic acids is 2. The molecule has 2 aromatic carbocycles. The fraction of sp³-hybridized carbons (Fsp3) is 0.0833. The van der Waals surface area contributed by atoms with E-state index in [1.54, 1.807) is 31.0 Å². The molecule has 0 radical (unpaired) electrons. The highest BCUT2D eigenvalue weighted by Gasteiger charge is 2.14. The van der Waals surface area contributed by atoms with Crippen molar-refractivity contribution in [2.75, 3.05) is 19.5 Å². The summed E-state index contributed by atoms with van der Waals surface area (Å²) in [7, 11) is 3.14. The van der Waals surface area contributed by atoms with Crippen LogP contribution < -0.4 is 20.5 Å². The Balaban J connectivity index is 1.67. The van der Waals surface area contributed by atoms with Crippen LogP contribution in [0.5, 0.6) is 11.5 Å². The highest BCUT2D eigenvalue weighted by atomic mass is 32.1. The van der Waals surface area contributed by atoms with Gasteiger partial charge < -0.3 is 15.2 Å². The van der Waals surface area contributed by atoms with Crippen LogP contribution in [0.4, 0.5) is 5.13 Å². The fourth-order valence-corrected chi connectivity index (χ4v) is 3.86. The molecule has 10 heteroatoms. The van der Waals surface area contributed by atoms with Gasteiger partial charge in [0.05, 0.1) is 26.1 Å². The molecular weight excluding hydrogens is 454 g/mol. The van der Waals surface area contributed by atoms with Gasteiger partial charge >= 0.3 is 0 Å². The van der Waals surface area contributed by atoms with Gasteiger partial charge in [0.2, 0.25) is 5.91 Å². The molecule has 0 unspecified atom stereocenters. The van der Waals surface area contributed by atoms with Gasteiger partial charge in [-0.1, -0.05) is 29.5 Å². The number of hydrogen-bond donors (Lipinski definition) is 2. The second-order valence-corrected chi connectivity index (χ2v) is 8.03. The first-order valence-corrected chi connectivity index (χ1v) is 10.9. The predicted molar refractivity (Wildman–Crippen MR) is 130 cm³/mol. The summed E-state index contributed by atoms with van der Waals surface area (Å²) in [5.41, 5.74) is 8.26. The van der Waals surface area contributed by atoms with Gasteiger partial charge in [-0.2, -0.15) is 5.10 Å². The predicted octanol–water partition coefficient (Wildman–Crippen LogP) is 3.76. The smallest absolute Gasteiger partial charge is 0.260 e. The van der Waals surface area contributed by atoms with E-state index in [4.69, 9.17) is 20.3 Å². The Hall–Kier alpha value is -4.44. The molecule has 0 saturated carbocycles. The van der Waals surface area contributed by atoms with Gasteiger partial charge in [0.1, 0.15) is 10.6 Å². The van der Waals surface area contributed by atoms with Crippen LogP contribution in [0, 0.1) is 0 Å². The Morgan fingerprint density at radius 3 is 2.53 bits per heavy atom. The minimum Gasteiger partial charge on any atom is -0.493 e. The third-order valence-corrected chi connectivity index (χ3v) is 5.74. The highest BCUT2D eigenvalue weighted by molar-refractivity contribution is 7.17. The van der Waals surface area contributed by atoms with Crippen LogP contribution in [-0.2, 0) is 4.79 Å². The summed E-state index contributed by atoms with van der Waals surface area (Å²) in [4.78, 5) is 27.9. The maximum Gasteiger partial charge on any atom is 0.260 e. The number of hydrogen-bond acceptors (Lipinski definition) is 7. The number of carbonyl (C=O) groups is 2. The molecule has 0 saturated heterocycles. The minimum absolute atomic E-state index is 0.263. The van der Waals surface area contributed by atoms with Crippen molar-refractivity contribution in [1.29, 1.82) is 0 Å². The van der Waals surface area contributed by atoms with E-state index in [0.717, 1.165) is 22.6 Å². The van der Waals surface area contributed by atoms with Gasteiger partial charge in [-0.05, 0) is 36.4 Å². The number of amides is 2. The van der Waals surface area contributed by atoms with Gasteiger partial charge in [0.25, 0.3) is 5.91 Å². The van der Waals surface area contributed by atoms with Crippen molar-refractivity contribution in [1.82, 2.24) is 14.8 Å². The number of methoxy groups -OCH3 is 2. The molecule has 0 aliphatic heterocycles. The molecule has 0 spiro atoms. The summed E-state index contributed by atoms with van der Waals surface area (Å²) < 4.78 is 12.5. The van der Waals surface area contributed by atoms with E-state index >= 15 is 0 Å². The van der Waals surface area contributed by atoms with Crippen molar-refractivity contribution >= 4 is 34.4 Å². The average molecular weight is 476 g/mol. The molecule has 34 heavy (non-hydrogen) atoms. The number of para-hydroxylation sites is 1. The largest absolute Gasteiger partial charge is 0.493 e. The first-order chi connectivity index (χ1) is 16.5. The van der Waals surface area contributed by atoms with E-state index in [9.17, 15) is 9.59 Å². The number of nitrogens with one attached hydrogen (secondary N) is 1. The van der Waals surface area contributed by atoms with Crippen LogP contribution in [0.25, 0.3) is 23.0 Å². The average Bonchev–Trinajstić information content (AvgIpc) is 3.50. The van der Waals surface area contributed by atoms with Crippen LogP contribution in [-0.4, -0.2) is 40.8 Å². The first kappa shape index (κ1) is 22.7. The van der Waals surface area contributed by atoms with Crippen molar-refractivity contribution in [2.24, 2.45) is 5.73 Å². The van der Waals surface area contributed by atoms with E-state index in [2.05, 4.69) is 10.3 Å². The molecule has 0 fully saturated rings. The lowest BCUT2D eigenvalue weighted by Crippen LogP contribution is -2.08. The number of rotatable bonds is 8. The maximum absolute atomic E-state index is 12.5. The molecule has 2 heterocycles. The number of benzene rings is 2. The van der Waals surface area contributed by atoms with Crippen LogP contribution in [0.15, 0.2) is 67.0 Å². The van der Waals surface area contributed by atoms with Gasteiger partial charge in [0, 0.05) is 23.4 Å². The molecule has 172 valence electrons. The van der Waals surface area contributed by atoms with E-state index in [-0.39, 0.29) is 10.0 Å². The number of nitrogens with two attached hydrogens (primary N) is 1. The Morgan fingerprint density at radius 2 is 1.85 bits per heavy atom. The fourth-order valence-electron chi connectivity index (χ4n) is 3.19. The standard InChI is InChI=1S/C24H21N5O4S/c1-32-18-10-8-15(12-19(18)33-2)22-16(14-29(28-22)17-6-4-3-5-7-17)9-11-21(30)27-24-26-13-20(34-24)23(25)31/h3-14H,1-2H3,(H2,25,31)(H,26,27,30)/b11-9+. The SMILES string of the molecule is COc1ccc(-c2nn(-c3ccccc3)cc2/C=C/C(=O)Nc2ncc(C(N)=O)s2)cc1OC. The molecule has 2 aromatic heterocycles. The summed E-state index contributed by atoms with van der Waals surface area (Å²) >= 11 is 1.01. The van der Waals surface area contributed by atoms with Crippen molar-refractivity contribution in [3.05, 3.63) is 77.4 Å². The van der Waals surface area contributed by atoms with Crippen LogP contribution in [0.1, 0.15) is 15.2 Å². The van der Waals surface area contributed by atoms with E-state index in [1.807, 2.05) is 48.7 Å². The monoisotopic (exact) mass is 475 g/mol. The topological polar surface area (TPSA) is 121 Å². The second kappa shape index (κ2) is 10.0. The summed E-state index contributed by atoms with van der Waals surface area (Å²) in [6.45, 7) is 0. The second-order valence-electron chi connectivity index (χ2n) is 7.00. The Kier molecular flexibility index (Phi) is 6.69. The normalized spacial score (nSPS) is 10.9. The Labute approximate surface area is 199 Å². The summed E-state index contributed by atoms with van der Waals surface area (Å²) in [5.74, 6) is 0.164. The summed E-state index contributed by atoms with van der Waals surface area (Å²) in [6, 6.07) is 15.1. The zero-order valence-corrected chi connectivity index (χ0v) is 19.2.